The summed E-state index contributed by atoms with van der Waals surface area (Å²) in [5, 5.41) is 4.98. The summed E-state index contributed by atoms with van der Waals surface area (Å²) < 4.78 is 40.3. The van der Waals surface area contributed by atoms with Gasteiger partial charge in [0.15, 0.2) is 0 Å². The van der Waals surface area contributed by atoms with Crippen LogP contribution in [-0.2, 0) is 16.1 Å². The van der Waals surface area contributed by atoms with Crippen molar-refractivity contribution in [1.82, 2.24) is 10.2 Å². The molecule has 0 unspecified atom stereocenters. The van der Waals surface area contributed by atoms with E-state index in [9.17, 15) is 22.8 Å². The molecule has 1 aliphatic rings. The van der Waals surface area contributed by atoms with Crippen LogP contribution >= 0.6 is 22.9 Å². The van der Waals surface area contributed by atoms with Gasteiger partial charge in [0.1, 0.15) is 6.04 Å². The quantitative estimate of drug-likeness (QED) is 0.623. The molecule has 1 aromatic carbocycles. The van der Waals surface area contributed by atoms with Crippen LogP contribution in [0.5, 0.6) is 0 Å². The number of halogens is 4. The zero-order chi connectivity index (χ0) is 21.7. The fraction of sp³-hybridized carbons (Fsp3) is 0.429. The number of rotatable bonds is 6. The minimum atomic E-state index is -5.10. The largest absolute Gasteiger partial charge is 0.471 e. The van der Waals surface area contributed by atoms with Gasteiger partial charge in [0.25, 0.3) is 0 Å². The van der Waals surface area contributed by atoms with Gasteiger partial charge in [-0.2, -0.15) is 13.2 Å². The van der Waals surface area contributed by atoms with Crippen LogP contribution in [0.15, 0.2) is 41.8 Å². The first-order valence-corrected chi connectivity index (χ1v) is 11.0. The van der Waals surface area contributed by atoms with Crippen molar-refractivity contribution in [1.29, 1.82) is 0 Å². The summed E-state index contributed by atoms with van der Waals surface area (Å²) in [6.45, 7) is -0.365. The van der Waals surface area contributed by atoms with Gasteiger partial charge in [-0.3, -0.25) is 9.59 Å². The predicted molar refractivity (Wildman–Crippen MR) is 110 cm³/mol. The molecule has 162 valence electrons. The van der Waals surface area contributed by atoms with E-state index in [0.29, 0.717) is 20.4 Å². The van der Waals surface area contributed by atoms with E-state index in [1.807, 2.05) is 0 Å². The second-order valence-electron chi connectivity index (χ2n) is 7.32. The fourth-order valence-electron chi connectivity index (χ4n) is 3.63. The summed E-state index contributed by atoms with van der Waals surface area (Å²) in [4.78, 5) is 26.5. The number of carbonyl (C=O) groups is 2. The molecule has 1 aliphatic carbocycles. The lowest BCUT2D eigenvalue weighted by atomic mass is 9.95. The fourth-order valence-corrected chi connectivity index (χ4v) is 4.59. The Balaban J connectivity index is 1.94. The van der Waals surface area contributed by atoms with Crippen molar-refractivity contribution in [3.63, 3.8) is 0 Å². The van der Waals surface area contributed by atoms with Gasteiger partial charge in [0.2, 0.25) is 5.91 Å². The van der Waals surface area contributed by atoms with Crippen LogP contribution in [0.1, 0.15) is 48.6 Å². The molecule has 0 saturated heterocycles. The first-order chi connectivity index (χ1) is 14.3. The molecule has 0 aliphatic heterocycles. The Morgan fingerprint density at radius 2 is 1.80 bits per heavy atom. The molecular formula is C21H22ClF3N2O2S. The molecule has 2 aromatic rings. The van der Waals surface area contributed by atoms with Crippen molar-refractivity contribution >= 4 is 34.8 Å². The Bertz CT molecular complexity index is 850. The number of carbonyl (C=O) groups excluding carboxylic acids is 2. The zero-order valence-corrected chi connectivity index (χ0v) is 17.7. The van der Waals surface area contributed by atoms with Crippen molar-refractivity contribution in [2.45, 2.75) is 56.9 Å². The maximum absolute atomic E-state index is 13.4. The van der Waals surface area contributed by atoms with Crippen molar-refractivity contribution in [2.75, 3.05) is 0 Å². The molecule has 1 N–H and O–H groups in total. The summed E-state index contributed by atoms with van der Waals surface area (Å²) >= 11 is 7.01. The number of hydrogen-bond donors (Lipinski definition) is 1. The second kappa shape index (κ2) is 9.83. The van der Waals surface area contributed by atoms with E-state index in [2.05, 4.69) is 5.32 Å². The summed E-state index contributed by atoms with van der Waals surface area (Å²) in [7, 11) is 0. The third-order valence-electron chi connectivity index (χ3n) is 5.09. The molecule has 1 fully saturated rings. The van der Waals surface area contributed by atoms with E-state index in [4.69, 9.17) is 11.6 Å². The predicted octanol–water partition coefficient (Wildman–Crippen LogP) is 5.48. The number of thiophene rings is 1. The molecule has 2 amide bonds. The van der Waals surface area contributed by atoms with Crippen molar-refractivity contribution in [2.24, 2.45) is 0 Å². The van der Waals surface area contributed by atoms with E-state index in [1.54, 1.807) is 29.6 Å². The van der Waals surface area contributed by atoms with E-state index in [-0.39, 0.29) is 12.6 Å². The van der Waals surface area contributed by atoms with E-state index in [1.165, 1.54) is 12.1 Å². The highest BCUT2D eigenvalue weighted by atomic mass is 35.5. The number of alkyl halides is 3. The second-order valence-corrected chi connectivity index (χ2v) is 8.73. The molecular weight excluding hydrogens is 437 g/mol. The van der Waals surface area contributed by atoms with Gasteiger partial charge in [-0.1, -0.05) is 49.1 Å². The number of benzene rings is 1. The lowest BCUT2D eigenvalue weighted by Crippen LogP contribution is -2.49. The average Bonchev–Trinajstić information content (AvgIpc) is 3.23. The molecule has 1 atom stereocenters. The normalized spacial score (nSPS) is 16.1. The van der Waals surface area contributed by atoms with Gasteiger partial charge >= 0.3 is 12.1 Å². The molecule has 9 heteroatoms. The Hall–Kier alpha value is -2.06. The van der Waals surface area contributed by atoms with Gasteiger partial charge in [-0.05, 0) is 42.0 Å². The smallest absolute Gasteiger partial charge is 0.351 e. The Kier molecular flexibility index (Phi) is 7.41. The Morgan fingerprint density at radius 3 is 2.37 bits per heavy atom. The monoisotopic (exact) mass is 458 g/mol. The van der Waals surface area contributed by atoms with Gasteiger partial charge in [-0.15, -0.1) is 11.3 Å². The van der Waals surface area contributed by atoms with E-state index >= 15 is 0 Å². The van der Waals surface area contributed by atoms with Crippen LogP contribution in [0.25, 0.3) is 0 Å². The molecule has 3 rings (SSSR count). The van der Waals surface area contributed by atoms with Gasteiger partial charge in [0, 0.05) is 22.5 Å². The maximum Gasteiger partial charge on any atom is 0.471 e. The molecule has 4 nitrogen and oxygen atoms in total. The SMILES string of the molecule is O=C(NC1CCCCC1)[C@H](c1cccs1)N(Cc1ccc(Cl)cc1)C(=O)C(F)(F)F. The average molecular weight is 459 g/mol. The standard InChI is InChI=1S/C21H22ClF3N2O2S/c22-15-10-8-14(9-11-15)13-27(20(29)21(23,24)25)18(17-7-4-12-30-17)19(28)26-16-5-2-1-3-6-16/h4,7-12,16,18H,1-3,5-6,13H2,(H,26,28)/t18-/m0/s1. The summed E-state index contributed by atoms with van der Waals surface area (Å²) in [6.07, 6.45) is -0.529. The van der Waals surface area contributed by atoms with Crippen LogP contribution in [0, 0.1) is 0 Å². The lowest BCUT2D eigenvalue weighted by molar-refractivity contribution is -0.189. The summed E-state index contributed by atoms with van der Waals surface area (Å²) in [5.74, 6) is -2.63. The first-order valence-electron chi connectivity index (χ1n) is 9.71. The van der Waals surface area contributed by atoms with Crippen LogP contribution < -0.4 is 5.32 Å². The van der Waals surface area contributed by atoms with Crippen LogP contribution in [0.3, 0.4) is 0 Å². The van der Waals surface area contributed by atoms with Crippen LogP contribution in [-0.4, -0.2) is 28.9 Å². The highest BCUT2D eigenvalue weighted by molar-refractivity contribution is 7.10. The van der Waals surface area contributed by atoms with Crippen LogP contribution in [0.4, 0.5) is 13.2 Å². The van der Waals surface area contributed by atoms with Gasteiger partial charge in [-0.25, -0.2) is 0 Å². The van der Waals surface area contributed by atoms with Gasteiger partial charge < -0.3 is 10.2 Å². The van der Waals surface area contributed by atoms with E-state index in [0.717, 1.165) is 43.4 Å². The Morgan fingerprint density at radius 1 is 1.13 bits per heavy atom. The topological polar surface area (TPSA) is 49.4 Å². The minimum absolute atomic E-state index is 0.0907. The van der Waals surface area contributed by atoms with Gasteiger partial charge in [0.05, 0.1) is 0 Å². The molecule has 0 radical (unpaired) electrons. The van der Waals surface area contributed by atoms with Crippen LogP contribution in [0.2, 0.25) is 5.02 Å². The molecule has 1 aromatic heterocycles. The first kappa shape index (κ1) is 22.6. The number of nitrogens with one attached hydrogen (secondary N) is 1. The van der Waals surface area contributed by atoms with Crippen molar-refractivity contribution < 1.29 is 22.8 Å². The number of amides is 2. The number of nitrogens with zero attached hydrogens (tertiary/aromatic N) is 1. The van der Waals surface area contributed by atoms with Crippen molar-refractivity contribution in [3.8, 4) is 0 Å². The van der Waals surface area contributed by atoms with Crippen molar-refractivity contribution in [3.05, 3.63) is 57.2 Å². The molecule has 1 heterocycles. The minimum Gasteiger partial charge on any atom is -0.351 e. The molecule has 30 heavy (non-hydrogen) atoms. The third-order valence-corrected chi connectivity index (χ3v) is 6.27. The lowest BCUT2D eigenvalue weighted by Gasteiger charge is -2.33. The summed E-state index contributed by atoms with van der Waals surface area (Å²) in [5.41, 5.74) is 0.448. The highest BCUT2D eigenvalue weighted by Gasteiger charge is 2.47. The van der Waals surface area contributed by atoms with E-state index < -0.39 is 24.0 Å². The Labute approximate surface area is 182 Å². The number of hydrogen-bond acceptors (Lipinski definition) is 3. The molecule has 0 spiro atoms. The summed E-state index contributed by atoms with van der Waals surface area (Å²) in [6, 6.07) is 7.94. The highest BCUT2D eigenvalue weighted by Crippen LogP contribution is 2.32. The molecule has 0 bridgehead atoms. The third kappa shape index (κ3) is 5.76. The maximum atomic E-state index is 13.4. The molecule has 1 saturated carbocycles. The zero-order valence-electron chi connectivity index (χ0n) is 16.1.